The largest absolute Gasteiger partial charge is 0.334 e. The number of benzene rings is 1. The molecule has 7 nitrogen and oxygen atoms in total. The first-order valence-electron chi connectivity index (χ1n) is 9.89. The van der Waals surface area contributed by atoms with Crippen LogP contribution in [0.5, 0.6) is 0 Å². The second kappa shape index (κ2) is 7.42. The Kier molecular flexibility index (Phi) is 5.08. The number of hydrogen-bond donors (Lipinski definition) is 0. The molecule has 29 heavy (non-hydrogen) atoms. The van der Waals surface area contributed by atoms with Crippen LogP contribution in [0.2, 0.25) is 0 Å². The number of pyridine rings is 1. The molecule has 4 rings (SSSR count). The third-order valence-electron chi connectivity index (χ3n) is 5.61. The van der Waals surface area contributed by atoms with Crippen molar-refractivity contribution in [3.8, 4) is 0 Å². The Bertz CT molecular complexity index is 1150. The van der Waals surface area contributed by atoms with E-state index in [0.717, 1.165) is 52.9 Å². The zero-order chi connectivity index (χ0) is 20.8. The molecule has 1 aliphatic carbocycles. The maximum absolute atomic E-state index is 12.4. The SMILES string of the molecule is CCc1cc(CN(C)S(=O)(=O)C2CC2)ccc1N(C)c1cc2c(cn1)ncn2C. The molecule has 0 saturated heterocycles. The van der Waals surface area contributed by atoms with Gasteiger partial charge in [-0.25, -0.2) is 22.7 Å². The van der Waals surface area contributed by atoms with Gasteiger partial charge in [-0.1, -0.05) is 19.1 Å². The minimum atomic E-state index is -3.17. The van der Waals surface area contributed by atoms with E-state index >= 15 is 0 Å². The first kappa shape index (κ1) is 19.8. The molecule has 154 valence electrons. The number of anilines is 2. The average molecular weight is 414 g/mol. The van der Waals surface area contributed by atoms with E-state index in [-0.39, 0.29) is 5.25 Å². The molecule has 2 aromatic heterocycles. The predicted octanol–water partition coefficient (Wildman–Crippen LogP) is 3.22. The van der Waals surface area contributed by atoms with Crippen molar-refractivity contribution in [1.29, 1.82) is 0 Å². The van der Waals surface area contributed by atoms with Crippen molar-refractivity contribution in [3.63, 3.8) is 0 Å². The summed E-state index contributed by atoms with van der Waals surface area (Å²) in [6.45, 7) is 2.51. The normalized spacial score (nSPS) is 14.7. The van der Waals surface area contributed by atoms with Gasteiger partial charge in [0.05, 0.1) is 23.3 Å². The molecule has 0 atom stereocenters. The highest BCUT2D eigenvalue weighted by molar-refractivity contribution is 7.90. The monoisotopic (exact) mass is 413 g/mol. The second-order valence-corrected chi connectivity index (χ2v) is 10.1. The van der Waals surface area contributed by atoms with Gasteiger partial charge in [-0.2, -0.15) is 0 Å². The quantitative estimate of drug-likeness (QED) is 0.595. The van der Waals surface area contributed by atoms with Crippen LogP contribution in [0.1, 0.15) is 30.9 Å². The van der Waals surface area contributed by atoms with Gasteiger partial charge in [0.25, 0.3) is 0 Å². The van der Waals surface area contributed by atoms with Crippen molar-refractivity contribution < 1.29 is 8.42 Å². The smallest absolute Gasteiger partial charge is 0.217 e. The molecule has 0 spiro atoms. The highest BCUT2D eigenvalue weighted by Gasteiger charge is 2.38. The number of rotatable bonds is 7. The van der Waals surface area contributed by atoms with Gasteiger partial charge in [-0.3, -0.25) is 0 Å². The van der Waals surface area contributed by atoms with E-state index in [9.17, 15) is 8.42 Å². The number of imidazole rings is 1. The first-order valence-corrected chi connectivity index (χ1v) is 11.4. The molecule has 0 unspecified atom stereocenters. The summed E-state index contributed by atoms with van der Waals surface area (Å²) in [5.74, 6) is 0.844. The number of aromatic nitrogens is 3. The van der Waals surface area contributed by atoms with E-state index < -0.39 is 10.0 Å². The molecular weight excluding hydrogens is 386 g/mol. The molecule has 1 aromatic carbocycles. The topological polar surface area (TPSA) is 71.3 Å². The molecule has 8 heteroatoms. The van der Waals surface area contributed by atoms with Gasteiger partial charge < -0.3 is 9.47 Å². The van der Waals surface area contributed by atoms with Crippen LogP contribution < -0.4 is 4.90 Å². The Labute approximate surface area is 172 Å². The van der Waals surface area contributed by atoms with Crippen molar-refractivity contribution in [1.82, 2.24) is 18.8 Å². The number of fused-ring (bicyclic) bond motifs is 1. The van der Waals surface area contributed by atoms with Crippen LogP contribution in [0.15, 0.2) is 36.8 Å². The van der Waals surface area contributed by atoms with Gasteiger partial charge in [0.1, 0.15) is 11.3 Å². The van der Waals surface area contributed by atoms with Crippen LogP contribution in [0.3, 0.4) is 0 Å². The third-order valence-corrected chi connectivity index (χ3v) is 7.92. The van der Waals surface area contributed by atoms with Crippen molar-refractivity contribution >= 4 is 32.6 Å². The summed E-state index contributed by atoms with van der Waals surface area (Å²) in [6.07, 6.45) is 5.99. The summed E-state index contributed by atoms with van der Waals surface area (Å²) in [5.41, 5.74) is 5.13. The van der Waals surface area contributed by atoms with Gasteiger partial charge >= 0.3 is 0 Å². The Hall–Kier alpha value is -2.45. The summed E-state index contributed by atoms with van der Waals surface area (Å²) in [6, 6.07) is 8.20. The fourth-order valence-corrected chi connectivity index (χ4v) is 5.21. The first-order chi connectivity index (χ1) is 13.8. The second-order valence-electron chi connectivity index (χ2n) is 7.76. The van der Waals surface area contributed by atoms with Crippen molar-refractivity contribution in [2.45, 2.75) is 38.0 Å². The fourth-order valence-electron chi connectivity index (χ4n) is 3.64. The van der Waals surface area contributed by atoms with E-state index in [1.54, 1.807) is 19.6 Å². The van der Waals surface area contributed by atoms with Crippen LogP contribution in [0.25, 0.3) is 11.0 Å². The van der Waals surface area contributed by atoms with E-state index in [4.69, 9.17) is 0 Å². The molecule has 0 N–H and O–H groups in total. The summed E-state index contributed by atoms with van der Waals surface area (Å²) in [7, 11) is 2.48. The number of nitrogens with zero attached hydrogens (tertiary/aromatic N) is 5. The standard InChI is InChI=1S/C21H27N5O2S/c1-5-16-10-15(13-25(3)29(27,28)17-7-8-17)6-9-19(16)26(4)21-11-20-18(12-22-21)23-14-24(20)2/h6,9-12,14,17H,5,7-8,13H2,1-4H3. The lowest BCUT2D eigenvalue weighted by Crippen LogP contribution is -2.29. The van der Waals surface area contributed by atoms with Gasteiger partial charge in [-0.05, 0) is 36.5 Å². The molecular formula is C21H27N5O2S. The summed E-state index contributed by atoms with van der Waals surface area (Å²) < 4.78 is 28.3. The zero-order valence-electron chi connectivity index (χ0n) is 17.3. The van der Waals surface area contributed by atoms with Crippen molar-refractivity contribution in [2.24, 2.45) is 7.05 Å². The molecule has 1 saturated carbocycles. The summed E-state index contributed by atoms with van der Waals surface area (Å²) in [4.78, 5) is 11.0. The van der Waals surface area contributed by atoms with Crippen LogP contribution in [-0.2, 0) is 30.0 Å². The number of sulfonamides is 1. The van der Waals surface area contributed by atoms with Crippen LogP contribution >= 0.6 is 0 Å². The molecule has 0 amide bonds. The molecule has 0 radical (unpaired) electrons. The zero-order valence-corrected chi connectivity index (χ0v) is 18.1. The van der Waals surface area contributed by atoms with E-state index in [1.165, 1.54) is 4.31 Å². The summed E-state index contributed by atoms with van der Waals surface area (Å²) >= 11 is 0. The number of hydrogen-bond acceptors (Lipinski definition) is 5. The lowest BCUT2D eigenvalue weighted by atomic mass is 10.1. The lowest BCUT2D eigenvalue weighted by molar-refractivity contribution is 0.465. The molecule has 1 fully saturated rings. The van der Waals surface area contributed by atoms with E-state index in [2.05, 4.69) is 33.9 Å². The van der Waals surface area contributed by atoms with Gasteiger partial charge in [0.2, 0.25) is 10.0 Å². The maximum atomic E-state index is 12.4. The highest BCUT2D eigenvalue weighted by Crippen LogP contribution is 2.32. The van der Waals surface area contributed by atoms with Crippen LogP contribution in [0, 0.1) is 0 Å². The predicted molar refractivity (Wildman–Crippen MR) is 116 cm³/mol. The van der Waals surface area contributed by atoms with Crippen molar-refractivity contribution in [3.05, 3.63) is 47.9 Å². The number of aryl methyl sites for hydroxylation is 2. The Morgan fingerprint density at radius 2 is 1.93 bits per heavy atom. The molecule has 2 heterocycles. The third kappa shape index (κ3) is 3.74. The van der Waals surface area contributed by atoms with E-state index in [0.29, 0.717) is 6.54 Å². The molecule has 3 aromatic rings. The van der Waals surface area contributed by atoms with Crippen LogP contribution in [-0.4, -0.2) is 46.6 Å². The minimum absolute atomic E-state index is 0.184. The highest BCUT2D eigenvalue weighted by atomic mass is 32.2. The van der Waals surface area contributed by atoms with E-state index in [1.807, 2.05) is 30.8 Å². The van der Waals surface area contributed by atoms with Crippen LogP contribution in [0.4, 0.5) is 11.5 Å². The molecule has 0 aliphatic heterocycles. The van der Waals surface area contributed by atoms with Gasteiger partial charge in [0.15, 0.2) is 0 Å². The average Bonchev–Trinajstić information content (AvgIpc) is 3.52. The Morgan fingerprint density at radius 3 is 2.62 bits per heavy atom. The summed E-state index contributed by atoms with van der Waals surface area (Å²) in [5, 5.41) is -0.184. The lowest BCUT2D eigenvalue weighted by Gasteiger charge is -2.23. The Balaban J connectivity index is 1.60. The molecule has 1 aliphatic rings. The maximum Gasteiger partial charge on any atom is 0.217 e. The van der Waals surface area contributed by atoms with Gasteiger partial charge in [-0.15, -0.1) is 0 Å². The Morgan fingerprint density at radius 1 is 1.17 bits per heavy atom. The fraction of sp³-hybridized carbons (Fsp3) is 0.429. The molecule has 0 bridgehead atoms. The van der Waals surface area contributed by atoms with Gasteiger partial charge in [0, 0.05) is 39.4 Å². The van der Waals surface area contributed by atoms with Crippen molar-refractivity contribution in [2.75, 3.05) is 19.0 Å². The minimum Gasteiger partial charge on any atom is -0.334 e.